The number of rotatable bonds is 2. The van der Waals surface area contributed by atoms with Crippen molar-refractivity contribution < 1.29 is 20.0 Å². The molecule has 0 radical (unpaired) electrons. The molecule has 0 unspecified atom stereocenters. The van der Waals surface area contributed by atoms with Gasteiger partial charge in [-0.25, -0.2) is 9.78 Å². The Labute approximate surface area is 87.0 Å². The summed E-state index contributed by atoms with van der Waals surface area (Å²) >= 11 is 6.27. The lowest BCUT2D eigenvalue weighted by molar-refractivity contribution is -0.402. The molecule has 1 aliphatic heterocycles. The van der Waals surface area contributed by atoms with Crippen LogP contribution in [-0.2, 0) is 9.78 Å². The smallest absolute Gasteiger partial charge is 0.131 e. The number of halogens is 2. The minimum Gasteiger partial charge on any atom is -0.387 e. The van der Waals surface area contributed by atoms with Crippen LogP contribution in [0.2, 0.25) is 0 Å². The standard InChI is InChI=1S/C6H10Br2O4/c7-1-3-5(9)6(10)4(2-8)12-11-3/h3-6,9-10H,1-2H2/t3-,4+,5-,6+. The maximum Gasteiger partial charge on any atom is 0.131 e. The summed E-state index contributed by atoms with van der Waals surface area (Å²) in [4.78, 5) is 9.65. The van der Waals surface area contributed by atoms with E-state index in [9.17, 15) is 10.2 Å². The van der Waals surface area contributed by atoms with Crippen LogP contribution in [0.4, 0.5) is 0 Å². The van der Waals surface area contributed by atoms with Gasteiger partial charge in [-0.1, -0.05) is 31.9 Å². The van der Waals surface area contributed by atoms with E-state index in [-0.39, 0.29) is 0 Å². The molecule has 0 saturated carbocycles. The molecule has 0 aromatic heterocycles. The molecule has 2 N–H and O–H groups in total. The van der Waals surface area contributed by atoms with E-state index >= 15 is 0 Å². The maximum atomic E-state index is 9.43. The van der Waals surface area contributed by atoms with Crippen molar-refractivity contribution in [3.8, 4) is 0 Å². The van der Waals surface area contributed by atoms with Gasteiger partial charge in [-0.3, -0.25) is 0 Å². The fourth-order valence-corrected chi connectivity index (χ4v) is 1.91. The number of hydrogen-bond acceptors (Lipinski definition) is 4. The molecule has 0 aromatic rings. The van der Waals surface area contributed by atoms with Crippen LogP contribution in [0.15, 0.2) is 0 Å². The van der Waals surface area contributed by atoms with Gasteiger partial charge in [0.25, 0.3) is 0 Å². The second-order valence-electron chi connectivity index (χ2n) is 2.56. The number of aliphatic hydroxyl groups is 2. The first-order chi connectivity index (χ1) is 5.70. The predicted octanol–water partition coefficient (Wildman–Crippen LogP) is 0.197. The van der Waals surface area contributed by atoms with E-state index in [0.717, 1.165) is 0 Å². The van der Waals surface area contributed by atoms with E-state index in [1.165, 1.54) is 0 Å². The van der Waals surface area contributed by atoms with Crippen molar-refractivity contribution in [2.45, 2.75) is 24.4 Å². The fourth-order valence-electron chi connectivity index (χ4n) is 0.930. The van der Waals surface area contributed by atoms with Gasteiger partial charge in [0.05, 0.1) is 0 Å². The molecule has 1 aliphatic rings. The van der Waals surface area contributed by atoms with Crippen LogP contribution in [-0.4, -0.2) is 45.3 Å². The minimum atomic E-state index is -0.902. The Hall–Kier alpha value is 0.800. The van der Waals surface area contributed by atoms with Crippen LogP contribution in [0, 0.1) is 0 Å². The molecule has 6 heteroatoms. The fraction of sp³-hybridized carbons (Fsp3) is 1.00. The number of aliphatic hydroxyl groups excluding tert-OH is 2. The van der Waals surface area contributed by atoms with Gasteiger partial charge in [0.2, 0.25) is 0 Å². The number of hydrogen-bond donors (Lipinski definition) is 2. The molecule has 4 nitrogen and oxygen atoms in total. The quantitative estimate of drug-likeness (QED) is 0.565. The van der Waals surface area contributed by atoms with E-state index in [1.807, 2.05) is 0 Å². The minimum absolute atomic E-state index is 0.431. The first-order valence-corrected chi connectivity index (χ1v) is 5.75. The lowest BCUT2D eigenvalue weighted by Crippen LogP contribution is -2.53. The van der Waals surface area contributed by atoms with Crippen molar-refractivity contribution in [1.82, 2.24) is 0 Å². The maximum absolute atomic E-state index is 9.43. The van der Waals surface area contributed by atoms with Gasteiger partial charge in [0.15, 0.2) is 0 Å². The van der Waals surface area contributed by atoms with Gasteiger partial charge in [-0.05, 0) is 0 Å². The summed E-state index contributed by atoms with van der Waals surface area (Å²) in [5.41, 5.74) is 0. The molecule has 12 heavy (non-hydrogen) atoms. The molecule has 1 fully saturated rings. The van der Waals surface area contributed by atoms with Gasteiger partial charge in [-0.15, -0.1) is 0 Å². The molecule has 1 rings (SSSR count). The first-order valence-electron chi connectivity index (χ1n) is 3.51. The summed E-state index contributed by atoms with van der Waals surface area (Å²) in [6, 6.07) is 0. The van der Waals surface area contributed by atoms with Crippen LogP contribution in [0.1, 0.15) is 0 Å². The van der Waals surface area contributed by atoms with E-state index in [1.54, 1.807) is 0 Å². The highest BCUT2D eigenvalue weighted by Gasteiger charge is 2.38. The summed E-state index contributed by atoms with van der Waals surface area (Å²) in [6.07, 6.45) is -2.81. The topological polar surface area (TPSA) is 58.9 Å². The molecule has 4 atom stereocenters. The highest BCUT2D eigenvalue weighted by Crippen LogP contribution is 2.20. The van der Waals surface area contributed by atoms with Gasteiger partial charge in [0, 0.05) is 10.7 Å². The summed E-state index contributed by atoms with van der Waals surface area (Å²) in [6.45, 7) is 0. The summed E-state index contributed by atoms with van der Waals surface area (Å²) in [7, 11) is 0. The number of alkyl halides is 2. The lowest BCUT2D eigenvalue weighted by Gasteiger charge is -2.34. The van der Waals surface area contributed by atoms with Crippen molar-refractivity contribution in [3.63, 3.8) is 0 Å². The third-order valence-electron chi connectivity index (χ3n) is 1.72. The SMILES string of the molecule is O[C@@H]1[C@H](O)[C@@H](CBr)OO[C@H]1CBr. The first kappa shape index (κ1) is 10.9. The average Bonchev–Trinajstić information content (AvgIpc) is 2.10. The molecule has 72 valence electrons. The van der Waals surface area contributed by atoms with E-state index in [0.29, 0.717) is 10.7 Å². The van der Waals surface area contributed by atoms with Crippen molar-refractivity contribution in [2.75, 3.05) is 10.7 Å². The third-order valence-corrected chi connectivity index (χ3v) is 2.99. The van der Waals surface area contributed by atoms with E-state index in [2.05, 4.69) is 31.9 Å². The normalized spacial score (nSPS) is 43.0. The second kappa shape index (κ2) is 4.88. The predicted molar refractivity (Wildman–Crippen MR) is 49.3 cm³/mol. The summed E-state index contributed by atoms with van der Waals surface area (Å²) in [5, 5.41) is 19.7. The van der Waals surface area contributed by atoms with Crippen molar-refractivity contribution in [1.29, 1.82) is 0 Å². The Morgan fingerprint density at radius 3 is 1.50 bits per heavy atom. The Balaban J connectivity index is 2.52. The van der Waals surface area contributed by atoms with Crippen LogP contribution in [0.3, 0.4) is 0 Å². The largest absolute Gasteiger partial charge is 0.387 e. The Bertz CT molecular complexity index is 130. The van der Waals surface area contributed by atoms with Gasteiger partial charge < -0.3 is 10.2 Å². The van der Waals surface area contributed by atoms with Crippen LogP contribution < -0.4 is 0 Å². The molecule has 1 saturated heterocycles. The Kier molecular flexibility index (Phi) is 4.42. The van der Waals surface area contributed by atoms with E-state index < -0.39 is 24.4 Å². The van der Waals surface area contributed by atoms with Crippen molar-refractivity contribution >= 4 is 31.9 Å². The van der Waals surface area contributed by atoms with Gasteiger partial charge >= 0.3 is 0 Å². The van der Waals surface area contributed by atoms with Gasteiger partial charge in [0.1, 0.15) is 24.4 Å². The highest BCUT2D eigenvalue weighted by molar-refractivity contribution is 9.09. The van der Waals surface area contributed by atoms with Crippen LogP contribution in [0.25, 0.3) is 0 Å². The van der Waals surface area contributed by atoms with Crippen LogP contribution >= 0.6 is 31.9 Å². The third kappa shape index (κ3) is 2.18. The molecule has 0 spiro atoms. The molecule has 0 bridgehead atoms. The Morgan fingerprint density at radius 1 is 0.917 bits per heavy atom. The van der Waals surface area contributed by atoms with Crippen LogP contribution in [0.5, 0.6) is 0 Å². The molecule has 1 heterocycles. The molecular weight excluding hydrogens is 296 g/mol. The molecule has 0 aromatic carbocycles. The van der Waals surface area contributed by atoms with E-state index in [4.69, 9.17) is 9.78 Å². The zero-order valence-electron chi connectivity index (χ0n) is 6.19. The Morgan fingerprint density at radius 2 is 1.25 bits per heavy atom. The zero-order chi connectivity index (χ0) is 9.14. The average molecular weight is 306 g/mol. The summed E-state index contributed by atoms with van der Waals surface area (Å²) < 4.78 is 0. The highest BCUT2D eigenvalue weighted by atomic mass is 79.9. The lowest BCUT2D eigenvalue weighted by atomic mass is 10.0. The van der Waals surface area contributed by atoms with Crippen molar-refractivity contribution in [2.24, 2.45) is 0 Å². The monoisotopic (exact) mass is 304 g/mol. The molecular formula is C6H10Br2O4. The molecule has 0 aliphatic carbocycles. The zero-order valence-corrected chi connectivity index (χ0v) is 9.36. The molecule has 0 amide bonds. The summed E-state index contributed by atoms with van der Waals surface area (Å²) in [5.74, 6) is 0. The van der Waals surface area contributed by atoms with Gasteiger partial charge in [-0.2, -0.15) is 0 Å². The second-order valence-corrected chi connectivity index (χ2v) is 3.85. The van der Waals surface area contributed by atoms with Crippen molar-refractivity contribution in [3.05, 3.63) is 0 Å².